The fourth-order valence-electron chi connectivity index (χ4n) is 1.51. The van der Waals surface area contributed by atoms with E-state index in [-0.39, 0.29) is 17.6 Å². The van der Waals surface area contributed by atoms with E-state index in [0.717, 1.165) is 10.7 Å². The third kappa shape index (κ3) is 2.70. The van der Waals surface area contributed by atoms with E-state index in [1.807, 2.05) is 19.2 Å². The van der Waals surface area contributed by atoms with Gasteiger partial charge in [0.15, 0.2) is 5.69 Å². The predicted octanol–water partition coefficient (Wildman–Crippen LogP) is 2.33. The van der Waals surface area contributed by atoms with E-state index in [1.54, 1.807) is 13.2 Å². The number of halogens is 1. The zero-order chi connectivity index (χ0) is 13.3. The molecule has 1 N–H and O–H groups in total. The van der Waals surface area contributed by atoms with Crippen molar-refractivity contribution in [1.29, 1.82) is 0 Å². The standard InChI is InChI=1S/C11H13ClN4OS/c1-6-5-18-11(13-6)7(2)14-10(17)9-8(12)4-16(3)15-9/h4-5,7H,1-3H3,(H,14,17)/t7-/m0/s1. The second-order valence-electron chi connectivity index (χ2n) is 4.02. The molecular formula is C11H13ClN4OS. The highest BCUT2D eigenvalue weighted by Gasteiger charge is 2.18. The third-order valence-electron chi connectivity index (χ3n) is 2.35. The maximum atomic E-state index is 12.0. The van der Waals surface area contributed by atoms with Crippen LogP contribution in [0.3, 0.4) is 0 Å². The van der Waals surface area contributed by atoms with Gasteiger partial charge in [-0.15, -0.1) is 11.3 Å². The van der Waals surface area contributed by atoms with E-state index >= 15 is 0 Å². The molecule has 96 valence electrons. The van der Waals surface area contributed by atoms with Gasteiger partial charge in [0.2, 0.25) is 0 Å². The van der Waals surface area contributed by atoms with Gasteiger partial charge in [-0.05, 0) is 13.8 Å². The van der Waals surface area contributed by atoms with Crippen molar-refractivity contribution in [3.05, 3.63) is 33.0 Å². The van der Waals surface area contributed by atoms with Gasteiger partial charge in [0.05, 0.1) is 11.1 Å². The van der Waals surface area contributed by atoms with Crippen LogP contribution in [0.15, 0.2) is 11.6 Å². The molecule has 2 rings (SSSR count). The maximum Gasteiger partial charge on any atom is 0.273 e. The van der Waals surface area contributed by atoms with Gasteiger partial charge in [-0.3, -0.25) is 9.48 Å². The predicted molar refractivity (Wildman–Crippen MR) is 71.0 cm³/mol. The normalized spacial score (nSPS) is 12.4. The first kappa shape index (κ1) is 13.0. The Kier molecular flexibility index (Phi) is 3.68. The molecule has 0 saturated carbocycles. The Bertz CT molecular complexity index is 577. The average molecular weight is 285 g/mol. The summed E-state index contributed by atoms with van der Waals surface area (Å²) in [5, 5.41) is 10.0. The number of carbonyl (C=O) groups excluding carboxylic acids is 1. The van der Waals surface area contributed by atoms with Crippen LogP contribution in [0.2, 0.25) is 5.02 Å². The molecule has 7 heteroatoms. The summed E-state index contributed by atoms with van der Waals surface area (Å²) in [6, 6.07) is -0.158. The van der Waals surface area contributed by atoms with E-state index in [4.69, 9.17) is 11.6 Å². The molecular weight excluding hydrogens is 272 g/mol. The highest BCUT2D eigenvalue weighted by molar-refractivity contribution is 7.09. The van der Waals surface area contributed by atoms with Crippen LogP contribution in [0.4, 0.5) is 0 Å². The number of amides is 1. The monoisotopic (exact) mass is 284 g/mol. The second kappa shape index (κ2) is 5.07. The lowest BCUT2D eigenvalue weighted by atomic mass is 10.3. The van der Waals surface area contributed by atoms with Crippen LogP contribution < -0.4 is 5.32 Å². The molecule has 0 unspecified atom stereocenters. The number of aryl methyl sites for hydroxylation is 2. The number of hydrogen-bond donors (Lipinski definition) is 1. The largest absolute Gasteiger partial charge is 0.342 e. The van der Waals surface area contributed by atoms with Crippen LogP contribution in [-0.2, 0) is 7.05 Å². The highest BCUT2D eigenvalue weighted by atomic mass is 35.5. The Morgan fingerprint density at radius 3 is 2.83 bits per heavy atom. The first-order valence-corrected chi connectivity index (χ1v) is 6.65. The minimum atomic E-state index is -0.291. The first-order chi connectivity index (χ1) is 8.47. The molecule has 0 bridgehead atoms. The third-order valence-corrected chi connectivity index (χ3v) is 3.78. The average Bonchev–Trinajstić information content (AvgIpc) is 2.84. The number of hydrogen-bond acceptors (Lipinski definition) is 4. The Morgan fingerprint density at radius 1 is 1.61 bits per heavy atom. The minimum absolute atomic E-state index is 0.158. The molecule has 1 atom stereocenters. The summed E-state index contributed by atoms with van der Waals surface area (Å²) >= 11 is 7.44. The van der Waals surface area contributed by atoms with E-state index in [1.165, 1.54) is 16.0 Å². The summed E-state index contributed by atoms with van der Waals surface area (Å²) in [7, 11) is 1.72. The van der Waals surface area contributed by atoms with Gasteiger partial charge in [-0.2, -0.15) is 5.10 Å². The van der Waals surface area contributed by atoms with Crippen LogP contribution in [0.25, 0.3) is 0 Å². The van der Waals surface area contributed by atoms with E-state index in [0.29, 0.717) is 5.02 Å². The molecule has 0 aliphatic carbocycles. The summed E-state index contributed by atoms with van der Waals surface area (Å²) in [6.45, 7) is 3.80. The molecule has 0 spiro atoms. The van der Waals surface area contributed by atoms with Crippen LogP contribution in [-0.4, -0.2) is 20.7 Å². The van der Waals surface area contributed by atoms with Crippen molar-refractivity contribution in [1.82, 2.24) is 20.1 Å². The lowest BCUT2D eigenvalue weighted by Crippen LogP contribution is -2.27. The van der Waals surface area contributed by atoms with Crippen molar-refractivity contribution in [2.24, 2.45) is 7.05 Å². The maximum absolute atomic E-state index is 12.0. The minimum Gasteiger partial charge on any atom is -0.342 e. The van der Waals surface area contributed by atoms with Gasteiger partial charge >= 0.3 is 0 Å². The topological polar surface area (TPSA) is 59.8 Å². The summed E-state index contributed by atoms with van der Waals surface area (Å²) in [5.74, 6) is -0.291. The molecule has 0 aliphatic rings. The van der Waals surface area contributed by atoms with E-state index in [9.17, 15) is 4.79 Å². The molecule has 2 aromatic heterocycles. The Morgan fingerprint density at radius 2 is 2.33 bits per heavy atom. The molecule has 1 amide bonds. The number of rotatable bonds is 3. The van der Waals surface area contributed by atoms with Gasteiger partial charge in [-0.25, -0.2) is 4.98 Å². The molecule has 0 aliphatic heterocycles. The quantitative estimate of drug-likeness (QED) is 0.941. The lowest BCUT2D eigenvalue weighted by molar-refractivity contribution is 0.0934. The Labute approximate surface area is 114 Å². The molecule has 5 nitrogen and oxygen atoms in total. The fraction of sp³-hybridized carbons (Fsp3) is 0.364. The molecule has 0 fully saturated rings. The van der Waals surface area contributed by atoms with E-state index in [2.05, 4.69) is 15.4 Å². The van der Waals surface area contributed by atoms with Crippen molar-refractivity contribution in [3.63, 3.8) is 0 Å². The molecule has 0 radical (unpaired) electrons. The summed E-state index contributed by atoms with van der Waals surface area (Å²) < 4.78 is 1.51. The van der Waals surface area contributed by atoms with Gasteiger partial charge in [0.1, 0.15) is 5.01 Å². The summed E-state index contributed by atoms with van der Waals surface area (Å²) in [6.07, 6.45) is 1.59. The number of thiazole rings is 1. The van der Waals surface area contributed by atoms with Crippen LogP contribution in [0.5, 0.6) is 0 Å². The number of nitrogens with one attached hydrogen (secondary N) is 1. The van der Waals surface area contributed by atoms with Gasteiger partial charge in [0, 0.05) is 24.3 Å². The van der Waals surface area contributed by atoms with Crippen molar-refractivity contribution < 1.29 is 4.79 Å². The summed E-state index contributed by atoms with van der Waals surface area (Å²) in [5.41, 5.74) is 1.19. The smallest absolute Gasteiger partial charge is 0.273 e. The Balaban J connectivity index is 2.10. The van der Waals surface area contributed by atoms with Crippen LogP contribution >= 0.6 is 22.9 Å². The first-order valence-electron chi connectivity index (χ1n) is 5.39. The molecule has 2 heterocycles. The molecule has 18 heavy (non-hydrogen) atoms. The van der Waals surface area contributed by atoms with Crippen molar-refractivity contribution in [2.75, 3.05) is 0 Å². The zero-order valence-electron chi connectivity index (χ0n) is 10.3. The van der Waals surface area contributed by atoms with Crippen molar-refractivity contribution in [3.8, 4) is 0 Å². The van der Waals surface area contributed by atoms with Gasteiger partial charge < -0.3 is 5.32 Å². The molecule has 0 aromatic carbocycles. The van der Waals surface area contributed by atoms with E-state index < -0.39 is 0 Å². The van der Waals surface area contributed by atoms with Gasteiger partial charge in [0.25, 0.3) is 5.91 Å². The lowest BCUT2D eigenvalue weighted by Gasteiger charge is -2.09. The van der Waals surface area contributed by atoms with Crippen LogP contribution in [0.1, 0.15) is 34.2 Å². The summed E-state index contributed by atoms with van der Waals surface area (Å²) in [4.78, 5) is 16.3. The number of nitrogens with zero attached hydrogens (tertiary/aromatic N) is 3. The van der Waals surface area contributed by atoms with Crippen LogP contribution in [0, 0.1) is 6.92 Å². The number of aromatic nitrogens is 3. The highest BCUT2D eigenvalue weighted by Crippen LogP contribution is 2.19. The second-order valence-corrected chi connectivity index (χ2v) is 5.32. The number of carbonyl (C=O) groups is 1. The zero-order valence-corrected chi connectivity index (χ0v) is 11.8. The Hall–Kier alpha value is -1.40. The van der Waals surface area contributed by atoms with Gasteiger partial charge in [-0.1, -0.05) is 11.6 Å². The SMILES string of the molecule is Cc1csc([C@H](C)NC(=O)c2nn(C)cc2Cl)n1. The molecule has 0 saturated heterocycles. The van der Waals surface area contributed by atoms with Crippen molar-refractivity contribution >= 4 is 28.8 Å². The van der Waals surface area contributed by atoms with Crippen molar-refractivity contribution in [2.45, 2.75) is 19.9 Å². The fourth-order valence-corrected chi connectivity index (χ4v) is 2.58. The molecule has 2 aromatic rings.